The third-order valence-corrected chi connectivity index (χ3v) is 6.46. The number of pyridine rings is 1. The van der Waals surface area contributed by atoms with Crippen molar-refractivity contribution in [2.75, 3.05) is 0 Å². The molecule has 3 aromatic heterocycles. The van der Waals surface area contributed by atoms with Crippen molar-refractivity contribution in [3.8, 4) is 5.75 Å². The van der Waals surface area contributed by atoms with Gasteiger partial charge in [0.25, 0.3) is 0 Å². The van der Waals surface area contributed by atoms with Crippen molar-refractivity contribution in [1.82, 2.24) is 19.5 Å². The van der Waals surface area contributed by atoms with Crippen LogP contribution in [-0.2, 0) is 14.2 Å². The molecule has 0 bridgehead atoms. The maximum absolute atomic E-state index is 6.50. The zero-order valence-electron chi connectivity index (χ0n) is 18.4. The van der Waals surface area contributed by atoms with Crippen molar-refractivity contribution < 1.29 is 18.9 Å². The molecule has 5 atom stereocenters. The monoisotopic (exact) mass is 466 g/mol. The van der Waals surface area contributed by atoms with E-state index in [0.29, 0.717) is 10.8 Å². The van der Waals surface area contributed by atoms with Gasteiger partial charge in [0.05, 0.1) is 10.9 Å². The average molecular weight is 467 g/mol. The summed E-state index contributed by atoms with van der Waals surface area (Å²) < 4.78 is 27.3. The van der Waals surface area contributed by atoms with Crippen molar-refractivity contribution in [2.45, 2.75) is 57.2 Å². The number of fused-ring (bicyclic) bond motifs is 3. The van der Waals surface area contributed by atoms with Crippen LogP contribution < -0.4 is 4.74 Å². The van der Waals surface area contributed by atoms with E-state index in [4.69, 9.17) is 30.5 Å². The molecule has 5 heterocycles. The van der Waals surface area contributed by atoms with Crippen LogP contribution in [0, 0.1) is 0 Å². The largest absolute Gasteiger partial charge is 0.488 e. The molecule has 2 saturated heterocycles. The summed E-state index contributed by atoms with van der Waals surface area (Å²) in [5.41, 5.74) is 1.56. The van der Waals surface area contributed by atoms with Crippen molar-refractivity contribution >= 4 is 33.5 Å². The van der Waals surface area contributed by atoms with E-state index in [2.05, 4.69) is 15.0 Å². The van der Waals surface area contributed by atoms with Gasteiger partial charge in [-0.15, -0.1) is 0 Å². The minimum atomic E-state index is -0.738. The SMILES string of the molecule is CC(Oc1ccc2cccnc2c1)[C@H]1O[C@@H](n2ccc3c(Cl)ncnc32)[C@@H]2OC(C)(C)O[C@@H]21. The maximum Gasteiger partial charge on any atom is 0.165 e. The summed E-state index contributed by atoms with van der Waals surface area (Å²) >= 11 is 6.26. The van der Waals surface area contributed by atoms with Gasteiger partial charge >= 0.3 is 0 Å². The summed E-state index contributed by atoms with van der Waals surface area (Å²) in [6, 6.07) is 11.7. The lowest BCUT2D eigenvalue weighted by molar-refractivity contribution is -0.204. The minimum Gasteiger partial charge on any atom is -0.488 e. The van der Waals surface area contributed by atoms with Gasteiger partial charge in [-0.2, -0.15) is 0 Å². The number of hydrogen-bond acceptors (Lipinski definition) is 7. The molecule has 0 spiro atoms. The van der Waals surface area contributed by atoms with Gasteiger partial charge in [0.1, 0.15) is 47.3 Å². The highest BCUT2D eigenvalue weighted by Gasteiger charge is 2.57. The number of rotatable bonds is 4. The number of ether oxygens (including phenoxy) is 4. The molecule has 0 aliphatic carbocycles. The van der Waals surface area contributed by atoms with E-state index < -0.39 is 12.0 Å². The van der Waals surface area contributed by atoms with Crippen molar-refractivity contribution in [2.24, 2.45) is 0 Å². The fraction of sp³-hybridized carbons (Fsp3) is 0.375. The number of benzene rings is 1. The van der Waals surface area contributed by atoms with Crippen LogP contribution in [0.2, 0.25) is 5.15 Å². The first-order valence-corrected chi connectivity index (χ1v) is 11.3. The average Bonchev–Trinajstić information content (AvgIpc) is 3.45. The van der Waals surface area contributed by atoms with Crippen LogP contribution >= 0.6 is 11.6 Å². The van der Waals surface area contributed by atoms with Crippen molar-refractivity contribution in [3.63, 3.8) is 0 Å². The molecule has 0 radical (unpaired) electrons. The quantitative estimate of drug-likeness (QED) is 0.409. The normalized spacial score (nSPS) is 27.2. The molecule has 1 unspecified atom stereocenters. The summed E-state index contributed by atoms with van der Waals surface area (Å²) in [6.45, 7) is 5.80. The Labute approximate surface area is 195 Å². The third-order valence-electron chi connectivity index (χ3n) is 6.16. The Morgan fingerprint density at radius 1 is 1.09 bits per heavy atom. The van der Waals surface area contributed by atoms with Gasteiger partial charge in [-0.05, 0) is 45.0 Å². The van der Waals surface area contributed by atoms with E-state index in [-0.39, 0.29) is 24.4 Å². The number of halogens is 1. The van der Waals surface area contributed by atoms with E-state index in [1.54, 1.807) is 6.20 Å². The Morgan fingerprint density at radius 3 is 2.82 bits per heavy atom. The Kier molecular flexibility index (Phi) is 4.81. The van der Waals surface area contributed by atoms with Gasteiger partial charge in [-0.1, -0.05) is 17.7 Å². The zero-order valence-corrected chi connectivity index (χ0v) is 19.1. The molecule has 0 N–H and O–H groups in total. The standard InChI is InChI=1S/C24H23ClN4O4/c1-13(30-15-7-6-14-5-4-9-26-17(14)11-15)18-19-20(33-24(2,3)32-19)23(31-18)29-10-8-16-21(25)27-12-28-22(16)29/h4-13,18-20,23H,1-3H3/t13?,18-,19-,20-,23-/m1/s1. The van der Waals surface area contributed by atoms with E-state index in [1.165, 1.54) is 6.33 Å². The van der Waals surface area contributed by atoms with Gasteiger partial charge in [0, 0.05) is 23.8 Å². The first-order valence-electron chi connectivity index (χ1n) is 10.9. The van der Waals surface area contributed by atoms with E-state index in [9.17, 15) is 0 Å². The highest BCUT2D eigenvalue weighted by Crippen LogP contribution is 2.45. The fourth-order valence-corrected chi connectivity index (χ4v) is 4.95. The van der Waals surface area contributed by atoms with Crippen LogP contribution in [0.4, 0.5) is 0 Å². The fourth-order valence-electron chi connectivity index (χ4n) is 4.76. The molecule has 4 aromatic rings. The number of aromatic nitrogens is 4. The Bertz CT molecular complexity index is 1340. The summed E-state index contributed by atoms with van der Waals surface area (Å²) in [5, 5.41) is 2.22. The van der Waals surface area contributed by atoms with E-state index >= 15 is 0 Å². The van der Waals surface area contributed by atoms with Crippen molar-refractivity contribution in [1.29, 1.82) is 0 Å². The second kappa shape index (κ2) is 7.63. The second-order valence-electron chi connectivity index (χ2n) is 8.86. The second-order valence-corrected chi connectivity index (χ2v) is 9.22. The van der Waals surface area contributed by atoms with Crippen LogP contribution in [-0.4, -0.2) is 49.7 Å². The van der Waals surface area contributed by atoms with E-state index in [1.807, 2.05) is 67.9 Å². The van der Waals surface area contributed by atoms with Gasteiger partial charge in [-0.3, -0.25) is 4.98 Å². The minimum absolute atomic E-state index is 0.304. The molecule has 6 rings (SSSR count). The summed E-state index contributed by atoms with van der Waals surface area (Å²) in [4.78, 5) is 12.9. The lowest BCUT2D eigenvalue weighted by Gasteiger charge is -2.28. The summed E-state index contributed by atoms with van der Waals surface area (Å²) in [6.07, 6.45) is 3.34. The maximum atomic E-state index is 6.50. The number of hydrogen-bond donors (Lipinski definition) is 0. The van der Waals surface area contributed by atoms with Crippen LogP contribution in [0.1, 0.15) is 27.0 Å². The van der Waals surface area contributed by atoms with Gasteiger partial charge in [0.15, 0.2) is 12.0 Å². The molecule has 2 aliphatic heterocycles. The topological polar surface area (TPSA) is 80.5 Å². The summed E-state index contributed by atoms with van der Waals surface area (Å²) in [7, 11) is 0. The zero-order chi connectivity index (χ0) is 22.7. The van der Waals surface area contributed by atoms with Crippen LogP contribution in [0.25, 0.3) is 21.9 Å². The predicted molar refractivity (Wildman–Crippen MR) is 122 cm³/mol. The van der Waals surface area contributed by atoms with Crippen LogP contribution in [0.15, 0.2) is 55.1 Å². The Balaban J connectivity index is 1.31. The van der Waals surface area contributed by atoms with Gasteiger partial charge in [-0.25, -0.2) is 9.97 Å². The lowest BCUT2D eigenvalue weighted by Crippen LogP contribution is -2.40. The third kappa shape index (κ3) is 3.54. The molecule has 2 aliphatic rings. The molecule has 9 heteroatoms. The highest BCUT2D eigenvalue weighted by atomic mass is 35.5. The van der Waals surface area contributed by atoms with Gasteiger partial charge in [0.2, 0.25) is 0 Å². The molecule has 0 amide bonds. The smallest absolute Gasteiger partial charge is 0.165 e. The summed E-state index contributed by atoms with van der Waals surface area (Å²) in [5.74, 6) is -0.0148. The lowest BCUT2D eigenvalue weighted by atomic mass is 10.1. The first kappa shape index (κ1) is 20.8. The molecule has 1 aromatic carbocycles. The molecule has 2 fully saturated rings. The molecule has 33 heavy (non-hydrogen) atoms. The molecule has 0 saturated carbocycles. The van der Waals surface area contributed by atoms with Crippen LogP contribution in [0.5, 0.6) is 5.75 Å². The predicted octanol–water partition coefficient (Wildman–Crippen LogP) is 4.52. The van der Waals surface area contributed by atoms with Gasteiger partial charge < -0.3 is 23.5 Å². The molecular weight excluding hydrogens is 444 g/mol. The van der Waals surface area contributed by atoms with E-state index in [0.717, 1.165) is 22.0 Å². The van der Waals surface area contributed by atoms with Crippen molar-refractivity contribution in [3.05, 3.63) is 60.3 Å². The van der Waals surface area contributed by atoms with Crippen LogP contribution in [0.3, 0.4) is 0 Å². The number of nitrogens with zero attached hydrogens (tertiary/aromatic N) is 4. The molecule has 170 valence electrons. The highest BCUT2D eigenvalue weighted by molar-refractivity contribution is 6.33. The Hall–Kier alpha value is -2.78. The molecule has 8 nitrogen and oxygen atoms in total. The molecular formula is C24H23ClN4O4. The first-order chi connectivity index (χ1) is 15.9. The Morgan fingerprint density at radius 2 is 1.94 bits per heavy atom.